The number of carboxylic acids is 1. The van der Waals surface area contributed by atoms with Gasteiger partial charge in [0.05, 0.1) is 6.42 Å². The Balaban J connectivity index is 2.04. The van der Waals surface area contributed by atoms with Crippen molar-refractivity contribution in [3.05, 3.63) is 33.8 Å². The van der Waals surface area contributed by atoms with Gasteiger partial charge in [-0.15, -0.1) is 0 Å². The molecule has 2 atom stereocenters. The van der Waals surface area contributed by atoms with Gasteiger partial charge in [-0.25, -0.2) is 9.18 Å². The molecule has 1 heterocycles. The zero-order valence-corrected chi connectivity index (χ0v) is 17.4. The maximum Gasteiger partial charge on any atom is 0.410 e. The second-order valence-corrected chi connectivity index (χ2v) is 7.67. The average molecular weight is 463 g/mol. The Kier molecular flexibility index (Phi) is 8.86. The second kappa shape index (κ2) is 11.1. The van der Waals surface area contributed by atoms with Crippen LogP contribution in [0.4, 0.5) is 9.18 Å². The second-order valence-electron chi connectivity index (χ2n) is 6.80. The summed E-state index contributed by atoms with van der Waals surface area (Å²) >= 11 is 11.8. The molecule has 0 unspecified atom stereocenters. The molecule has 2 N–H and O–H groups in total. The van der Waals surface area contributed by atoms with E-state index in [1.165, 1.54) is 11.0 Å². The van der Waals surface area contributed by atoms with E-state index < -0.39 is 48.9 Å². The number of ether oxygens (including phenoxy) is 1. The summed E-state index contributed by atoms with van der Waals surface area (Å²) in [5, 5.41) is 11.9. The molecule has 2 amide bonds. The van der Waals surface area contributed by atoms with Gasteiger partial charge in [0, 0.05) is 16.6 Å². The summed E-state index contributed by atoms with van der Waals surface area (Å²) in [6.45, 7) is -1.28. The number of aliphatic carboxylic acids is 1. The summed E-state index contributed by atoms with van der Waals surface area (Å²) in [7, 11) is 0. The molecule has 1 aromatic rings. The van der Waals surface area contributed by atoms with Crippen molar-refractivity contribution in [1.82, 2.24) is 10.2 Å². The maximum atomic E-state index is 12.7. The first-order valence-electron chi connectivity index (χ1n) is 9.20. The molecule has 0 saturated carbocycles. The number of alkyl halides is 1. The van der Waals surface area contributed by atoms with Gasteiger partial charge in [0.25, 0.3) is 0 Å². The van der Waals surface area contributed by atoms with Crippen LogP contribution < -0.4 is 5.32 Å². The van der Waals surface area contributed by atoms with Crippen molar-refractivity contribution in [2.24, 2.45) is 0 Å². The monoisotopic (exact) mass is 462 g/mol. The smallest absolute Gasteiger partial charge is 0.410 e. The van der Waals surface area contributed by atoms with E-state index in [1.54, 1.807) is 12.1 Å². The first-order chi connectivity index (χ1) is 14.2. The van der Waals surface area contributed by atoms with Crippen molar-refractivity contribution in [2.45, 2.75) is 44.4 Å². The van der Waals surface area contributed by atoms with E-state index in [0.717, 1.165) is 0 Å². The average Bonchev–Trinajstić information content (AvgIpc) is 2.69. The molecule has 1 aromatic carbocycles. The maximum absolute atomic E-state index is 12.7. The molecule has 1 saturated heterocycles. The molecule has 1 aliphatic rings. The van der Waals surface area contributed by atoms with Gasteiger partial charge in [0.2, 0.25) is 5.91 Å². The molecular formula is C19H21Cl2FN2O6. The molecule has 1 fully saturated rings. The summed E-state index contributed by atoms with van der Waals surface area (Å²) in [5.41, 5.74) is 0.564. The largest absolute Gasteiger partial charge is 0.481 e. The number of hydrogen-bond donors (Lipinski definition) is 2. The number of likely N-dealkylation sites (tertiary alicyclic amines) is 1. The number of carbonyl (C=O) groups excluding carboxylic acids is 3. The van der Waals surface area contributed by atoms with Gasteiger partial charge in [-0.3, -0.25) is 19.3 Å². The SMILES string of the molecule is O=C(O)C[C@H](NC(=O)[C@@H]1CCCCN1C(=O)OCc1cc(Cl)cc(Cl)c1)C(=O)CF. The number of rotatable bonds is 8. The number of hydrogen-bond acceptors (Lipinski definition) is 5. The van der Waals surface area contributed by atoms with Crippen molar-refractivity contribution in [1.29, 1.82) is 0 Å². The Morgan fingerprint density at radius 1 is 1.20 bits per heavy atom. The van der Waals surface area contributed by atoms with Crippen LogP contribution in [0, 0.1) is 0 Å². The molecule has 0 bridgehead atoms. The summed E-state index contributed by atoms with van der Waals surface area (Å²) < 4.78 is 18.0. The van der Waals surface area contributed by atoms with E-state index in [2.05, 4.69) is 5.32 Å². The summed E-state index contributed by atoms with van der Waals surface area (Å²) in [5.74, 6) is -3.14. The normalized spacial score (nSPS) is 17.2. The van der Waals surface area contributed by atoms with Crippen LogP contribution in [0.3, 0.4) is 0 Å². The van der Waals surface area contributed by atoms with E-state index in [-0.39, 0.29) is 13.2 Å². The zero-order chi connectivity index (χ0) is 22.3. The standard InChI is InChI=1S/C19H21Cl2FN2O6/c20-12-5-11(6-13(21)7-12)10-30-19(29)24-4-2-1-3-15(24)18(28)23-14(8-17(26)27)16(25)9-22/h5-7,14-15H,1-4,8-10H2,(H,23,28)(H,26,27)/t14-,15-/m0/s1. The van der Waals surface area contributed by atoms with E-state index in [1.807, 2.05) is 0 Å². The van der Waals surface area contributed by atoms with Gasteiger partial charge in [-0.2, -0.15) is 0 Å². The fraction of sp³-hybridized carbons (Fsp3) is 0.474. The van der Waals surface area contributed by atoms with Gasteiger partial charge in [-0.1, -0.05) is 23.2 Å². The number of carboxylic acid groups (broad SMARTS) is 1. The van der Waals surface area contributed by atoms with Crippen LogP contribution in [-0.2, 0) is 25.7 Å². The molecule has 8 nitrogen and oxygen atoms in total. The fourth-order valence-electron chi connectivity index (χ4n) is 3.13. The highest BCUT2D eigenvalue weighted by molar-refractivity contribution is 6.34. The lowest BCUT2D eigenvalue weighted by atomic mass is 10.0. The van der Waals surface area contributed by atoms with Crippen molar-refractivity contribution < 1.29 is 33.4 Å². The van der Waals surface area contributed by atoms with E-state index >= 15 is 0 Å². The molecule has 1 aliphatic heterocycles. The van der Waals surface area contributed by atoms with Gasteiger partial charge >= 0.3 is 12.1 Å². The van der Waals surface area contributed by atoms with Crippen LogP contribution in [0.25, 0.3) is 0 Å². The lowest BCUT2D eigenvalue weighted by Crippen LogP contribution is -2.55. The fourth-order valence-corrected chi connectivity index (χ4v) is 3.70. The minimum Gasteiger partial charge on any atom is -0.481 e. The Morgan fingerprint density at radius 3 is 2.47 bits per heavy atom. The number of nitrogens with zero attached hydrogens (tertiary/aromatic N) is 1. The molecule has 2 rings (SSSR count). The summed E-state index contributed by atoms with van der Waals surface area (Å²) in [4.78, 5) is 48.9. The first-order valence-corrected chi connectivity index (χ1v) is 9.96. The zero-order valence-electron chi connectivity index (χ0n) is 15.9. The number of carbonyl (C=O) groups is 4. The third-order valence-corrected chi connectivity index (χ3v) is 4.98. The minimum atomic E-state index is -1.51. The number of benzene rings is 1. The van der Waals surface area contributed by atoms with E-state index in [0.29, 0.717) is 34.9 Å². The van der Waals surface area contributed by atoms with Crippen molar-refractivity contribution in [3.8, 4) is 0 Å². The molecule has 164 valence electrons. The number of Topliss-reactive ketones (excluding diaryl/α,β-unsaturated/α-hetero) is 1. The van der Waals surface area contributed by atoms with Gasteiger partial charge in [-0.05, 0) is 43.0 Å². The van der Waals surface area contributed by atoms with E-state index in [9.17, 15) is 23.6 Å². The Hall–Kier alpha value is -2.39. The highest BCUT2D eigenvalue weighted by Gasteiger charge is 2.35. The third kappa shape index (κ3) is 6.84. The Morgan fingerprint density at radius 2 is 1.87 bits per heavy atom. The quantitative estimate of drug-likeness (QED) is 0.613. The molecule has 0 radical (unpaired) electrons. The number of amides is 2. The van der Waals surface area contributed by atoms with Crippen LogP contribution in [0.2, 0.25) is 10.0 Å². The highest BCUT2D eigenvalue weighted by Crippen LogP contribution is 2.22. The Labute approximate surface area is 182 Å². The molecule has 11 heteroatoms. The molecule has 30 heavy (non-hydrogen) atoms. The highest BCUT2D eigenvalue weighted by atomic mass is 35.5. The van der Waals surface area contributed by atoms with Gasteiger partial charge in [0.15, 0.2) is 5.78 Å². The lowest BCUT2D eigenvalue weighted by Gasteiger charge is -2.34. The van der Waals surface area contributed by atoms with Crippen molar-refractivity contribution in [2.75, 3.05) is 13.2 Å². The molecule has 0 aliphatic carbocycles. The van der Waals surface area contributed by atoms with Crippen LogP contribution in [-0.4, -0.2) is 59.1 Å². The van der Waals surface area contributed by atoms with Crippen LogP contribution in [0.1, 0.15) is 31.2 Å². The number of ketones is 1. The lowest BCUT2D eigenvalue weighted by molar-refractivity contribution is -0.140. The number of piperidine rings is 1. The number of nitrogens with one attached hydrogen (secondary N) is 1. The third-order valence-electron chi connectivity index (χ3n) is 4.54. The molecule has 0 spiro atoms. The summed E-state index contributed by atoms with van der Waals surface area (Å²) in [6, 6.07) is 2.23. The number of halogens is 3. The predicted molar refractivity (Wildman–Crippen MR) is 106 cm³/mol. The predicted octanol–water partition coefficient (Wildman–Crippen LogP) is 2.98. The van der Waals surface area contributed by atoms with Crippen molar-refractivity contribution in [3.63, 3.8) is 0 Å². The minimum absolute atomic E-state index is 0.119. The topological polar surface area (TPSA) is 113 Å². The van der Waals surface area contributed by atoms with Gasteiger partial charge < -0.3 is 15.2 Å². The van der Waals surface area contributed by atoms with Crippen LogP contribution in [0.5, 0.6) is 0 Å². The van der Waals surface area contributed by atoms with E-state index in [4.69, 9.17) is 33.0 Å². The van der Waals surface area contributed by atoms with Crippen LogP contribution in [0.15, 0.2) is 18.2 Å². The summed E-state index contributed by atoms with van der Waals surface area (Å²) in [6.07, 6.45) is 0.0860. The Bertz CT molecular complexity index is 802. The van der Waals surface area contributed by atoms with Gasteiger partial charge in [0.1, 0.15) is 25.4 Å². The van der Waals surface area contributed by atoms with Crippen molar-refractivity contribution >= 4 is 47.0 Å². The molecular weight excluding hydrogens is 442 g/mol. The first kappa shape index (κ1) is 23.9. The van der Waals surface area contributed by atoms with Crippen LogP contribution >= 0.6 is 23.2 Å². The molecule has 0 aromatic heterocycles.